The van der Waals surface area contributed by atoms with Gasteiger partial charge < -0.3 is 9.80 Å². The molecule has 0 bridgehead atoms. The lowest BCUT2D eigenvalue weighted by Gasteiger charge is -2.34. The zero-order chi connectivity index (χ0) is 18.6. The molecule has 1 aromatic rings. The van der Waals surface area contributed by atoms with Gasteiger partial charge in [-0.1, -0.05) is 32.6 Å². The van der Waals surface area contributed by atoms with Crippen molar-refractivity contribution in [3.05, 3.63) is 16.1 Å². The summed E-state index contributed by atoms with van der Waals surface area (Å²) in [7, 11) is 0. The van der Waals surface area contributed by atoms with Gasteiger partial charge in [0.25, 0.3) is 5.91 Å². The van der Waals surface area contributed by atoms with Gasteiger partial charge in [-0.25, -0.2) is 4.98 Å². The number of thiazole rings is 1. The minimum Gasteiger partial charge on any atom is -0.331 e. The van der Waals surface area contributed by atoms with Crippen molar-refractivity contribution in [3.63, 3.8) is 0 Å². The van der Waals surface area contributed by atoms with E-state index >= 15 is 0 Å². The highest BCUT2D eigenvalue weighted by molar-refractivity contribution is 7.09. The molecular weight excluding hydrogens is 354 g/mol. The molecule has 4 nitrogen and oxygen atoms in total. The third-order valence-electron chi connectivity index (χ3n) is 6.65. The number of carbonyl (C=O) groups is 1. The molecule has 2 heterocycles. The van der Waals surface area contributed by atoms with E-state index in [-0.39, 0.29) is 5.91 Å². The van der Waals surface area contributed by atoms with Gasteiger partial charge in [-0.3, -0.25) is 4.79 Å². The number of unbranched alkanes of at least 4 members (excludes halogenated alkanes) is 1. The van der Waals surface area contributed by atoms with Gasteiger partial charge in [0, 0.05) is 23.4 Å². The van der Waals surface area contributed by atoms with Gasteiger partial charge in [0.05, 0.1) is 5.01 Å². The van der Waals surface area contributed by atoms with Gasteiger partial charge in [0.2, 0.25) is 0 Å². The number of carbonyl (C=O) groups excluding carboxylic acids is 1. The van der Waals surface area contributed by atoms with Crippen molar-refractivity contribution in [2.75, 3.05) is 19.6 Å². The van der Waals surface area contributed by atoms with Gasteiger partial charge in [-0.15, -0.1) is 11.3 Å². The molecule has 0 atom stereocenters. The van der Waals surface area contributed by atoms with Crippen LogP contribution in [0.4, 0.5) is 0 Å². The number of likely N-dealkylation sites (tertiary alicyclic amines) is 1. The van der Waals surface area contributed by atoms with E-state index in [0.717, 1.165) is 5.69 Å². The fourth-order valence-electron chi connectivity index (χ4n) is 4.83. The van der Waals surface area contributed by atoms with E-state index in [9.17, 15) is 4.79 Å². The van der Waals surface area contributed by atoms with Crippen LogP contribution in [0.15, 0.2) is 5.38 Å². The molecule has 5 heteroatoms. The third-order valence-corrected chi connectivity index (χ3v) is 7.66. The Labute approximate surface area is 168 Å². The lowest BCUT2D eigenvalue weighted by molar-refractivity contribution is 0.0608. The van der Waals surface area contributed by atoms with E-state index in [1.165, 1.54) is 95.3 Å². The van der Waals surface area contributed by atoms with Crippen LogP contribution in [0.3, 0.4) is 0 Å². The van der Waals surface area contributed by atoms with Gasteiger partial charge in [-0.05, 0) is 64.6 Å². The molecule has 2 aliphatic carbocycles. The summed E-state index contributed by atoms with van der Waals surface area (Å²) < 4.78 is 0. The fraction of sp³-hybridized carbons (Fsp3) is 0.818. The molecule has 27 heavy (non-hydrogen) atoms. The minimum atomic E-state index is 0.215. The van der Waals surface area contributed by atoms with Crippen molar-refractivity contribution in [2.45, 2.75) is 95.6 Å². The van der Waals surface area contributed by atoms with Gasteiger partial charge in [0.15, 0.2) is 0 Å². The summed E-state index contributed by atoms with van der Waals surface area (Å²) in [6.07, 6.45) is 13.6. The summed E-state index contributed by atoms with van der Waals surface area (Å²) in [5.41, 5.74) is 0.723. The van der Waals surface area contributed by atoms with Crippen LogP contribution in [0.2, 0.25) is 0 Å². The molecule has 3 fully saturated rings. The smallest absolute Gasteiger partial charge is 0.273 e. The van der Waals surface area contributed by atoms with Crippen molar-refractivity contribution in [1.82, 2.24) is 14.8 Å². The predicted molar refractivity (Wildman–Crippen MR) is 112 cm³/mol. The summed E-state index contributed by atoms with van der Waals surface area (Å²) in [5, 5.41) is 3.24. The second-order valence-electron chi connectivity index (χ2n) is 8.78. The highest BCUT2D eigenvalue weighted by Gasteiger charge is 2.39. The maximum atomic E-state index is 13.3. The molecule has 2 saturated carbocycles. The first-order valence-electron chi connectivity index (χ1n) is 11.3. The molecule has 0 N–H and O–H groups in total. The number of rotatable bonds is 7. The van der Waals surface area contributed by atoms with E-state index in [4.69, 9.17) is 4.98 Å². The van der Waals surface area contributed by atoms with Crippen LogP contribution in [0.1, 0.15) is 99.0 Å². The number of amides is 1. The number of aromatic nitrogens is 1. The second kappa shape index (κ2) is 9.04. The molecular formula is C22H35N3OS. The Balaban J connectivity index is 1.37. The standard InChI is InChI=1S/C22H35N3OS/c1-2-3-13-24-14-11-17(12-15-24)21-23-20(16-27-21)22(26)25(19-9-10-19)18-7-5-4-6-8-18/h16-19H,2-15H2,1H3. The summed E-state index contributed by atoms with van der Waals surface area (Å²) in [4.78, 5) is 22.9. The molecule has 1 saturated heterocycles. The van der Waals surface area contributed by atoms with E-state index < -0.39 is 0 Å². The number of nitrogens with zero attached hydrogens (tertiary/aromatic N) is 3. The van der Waals surface area contributed by atoms with Crippen molar-refractivity contribution < 1.29 is 4.79 Å². The number of hydrogen-bond donors (Lipinski definition) is 0. The van der Waals surface area contributed by atoms with E-state index in [1.807, 2.05) is 5.38 Å². The normalized spacial score (nSPS) is 22.9. The maximum absolute atomic E-state index is 13.3. The lowest BCUT2D eigenvalue weighted by Crippen LogP contribution is -2.43. The Kier molecular flexibility index (Phi) is 6.49. The van der Waals surface area contributed by atoms with E-state index in [2.05, 4.69) is 16.7 Å². The van der Waals surface area contributed by atoms with Gasteiger partial charge >= 0.3 is 0 Å². The minimum absolute atomic E-state index is 0.215. The first-order chi connectivity index (χ1) is 13.3. The Morgan fingerprint density at radius 1 is 1.11 bits per heavy atom. The zero-order valence-electron chi connectivity index (χ0n) is 16.9. The molecule has 1 amide bonds. The highest BCUT2D eigenvalue weighted by Crippen LogP contribution is 2.36. The Bertz CT molecular complexity index is 613. The SMILES string of the molecule is CCCCN1CCC(c2nc(C(=O)N(C3CCCCC3)C3CC3)cs2)CC1. The number of piperidine rings is 1. The molecule has 3 aliphatic rings. The molecule has 0 unspecified atom stereocenters. The van der Waals surface area contributed by atoms with Crippen molar-refractivity contribution in [3.8, 4) is 0 Å². The molecule has 0 radical (unpaired) electrons. The first-order valence-corrected chi connectivity index (χ1v) is 12.1. The second-order valence-corrected chi connectivity index (χ2v) is 9.67. The largest absolute Gasteiger partial charge is 0.331 e. The van der Waals surface area contributed by atoms with Crippen molar-refractivity contribution in [1.29, 1.82) is 0 Å². The zero-order valence-corrected chi connectivity index (χ0v) is 17.7. The molecule has 4 rings (SSSR count). The van der Waals surface area contributed by atoms with Crippen LogP contribution >= 0.6 is 11.3 Å². The average molecular weight is 390 g/mol. The maximum Gasteiger partial charge on any atom is 0.273 e. The lowest BCUT2D eigenvalue weighted by atomic mass is 9.94. The summed E-state index contributed by atoms with van der Waals surface area (Å²) in [6.45, 7) is 5.87. The summed E-state index contributed by atoms with van der Waals surface area (Å²) >= 11 is 1.72. The van der Waals surface area contributed by atoms with Crippen LogP contribution < -0.4 is 0 Å². The first kappa shape index (κ1) is 19.4. The van der Waals surface area contributed by atoms with E-state index in [1.54, 1.807) is 11.3 Å². The fourth-order valence-corrected chi connectivity index (χ4v) is 5.80. The van der Waals surface area contributed by atoms with Gasteiger partial charge in [0.1, 0.15) is 5.69 Å². The summed E-state index contributed by atoms with van der Waals surface area (Å²) in [6, 6.07) is 0.957. The van der Waals surface area contributed by atoms with Gasteiger partial charge in [-0.2, -0.15) is 0 Å². The van der Waals surface area contributed by atoms with Crippen LogP contribution in [-0.4, -0.2) is 52.4 Å². The molecule has 0 spiro atoms. The highest BCUT2D eigenvalue weighted by atomic mass is 32.1. The Hall–Kier alpha value is -0.940. The average Bonchev–Trinajstić information content (AvgIpc) is 3.42. The molecule has 1 aromatic heterocycles. The van der Waals surface area contributed by atoms with Crippen LogP contribution in [0.5, 0.6) is 0 Å². The van der Waals surface area contributed by atoms with Crippen molar-refractivity contribution in [2.24, 2.45) is 0 Å². The molecule has 0 aromatic carbocycles. The topological polar surface area (TPSA) is 36.4 Å². The van der Waals surface area contributed by atoms with Crippen LogP contribution in [-0.2, 0) is 0 Å². The quantitative estimate of drug-likeness (QED) is 0.654. The third kappa shape index (κ3) is 4.73. The van der Waals surface area contributed by atoms with Crippen LogP contribution in [0, 0.1) is 0 Å². The predicted octanol–water partition coefficient (Wildman–Crippen LogP) is 5.06. The summed E-state index contributed by atoms with van der Waals surface area (Å²) in [5.74, 6) is 0.769. The monoisotopic (exact) mass is 389 g/mol. The molecule has 150 valence electrons. The molecule has 1 aliphatic heterocycles. The number of hydrogen-bond acceptors (Lipinski definition) is 4. The van der Waals surface area contributed by atoms with Crippen molar-refractivity contribution >= 4 is 17.2 Å². The Morgan fingerprint density at radius 3 is 2.48 bits per heavy atom. The van der Waals surface area contributed by atoms with Crippen LogP contribution in [0.25, 0.3) is 0 Å². The Morgan fingerprint density at radius 2 is 1.81 bits per heavy atom. The van der Waals surface area contributed by atoms with E-state index in [0.29, 0.717) is 18.0 Å².